The van der Waals surface area contributed by atoms with Crippen LogP contribution in [0, 0.1) is 12.8 Å². The molecule has 3 aromatic rings. The molecular weight excluding hydrogens is 304 g/mol. The summed E-state index contributed by atoms with van der Waals surface area (Å²) in [6.07, 6.45) is 6.16. The molecule has 0 amide bonds. The van der Waals surface area contributed by atoms with Crippen LogP contribution in [0.15, 0.2) is 30.6 Å². The van der Waals surface area contributed by atoms with Gasteiger partial charge in [-0.25, -0.2) is 9.97 Å². The van der Waals surface area contributed by atoms with E-state index in [-0.39, 0.29) is 0 Å². The Bertz CT molecular complexity index is 828. The van der Waals surface area contributed by atoms with Crippen molar-refractivity contribution in [3.63, 3.8) is 0 Å². The lowest BCUT2D eigenvalue weighted by atomic mass is 10.0. The average molecular weight is 324 g/mol. The summed E-state index contributed by atoms with van der Waals surface area (Å²) in [5.41, 5.74) is 0.978. The average Bonchev–Trinajstić information content (AvgIpc) is 2.95. The van der Waals surface area contributed by atoms with Gasteiger partial charge >= 0.3 is 0 Å². The van der Waals surface area contributed by atoms with Gasteiger partial charge in [0.1, 0.15) is 10.6 Å². The van der Waals surface area contributed by atoms with Crippen LogP contribution in [-0.2, 0) is 0 Å². The molecule has 0 radical (unpaired) electrons. The van der Waals surface area contributed by atoms with Gasteiger partial charge in [-0.3, -0.25) is 4.98 Å². The predicted octanol–water partition coefficient (Wildman–Crippen LogP) is 4.30. The number of aromatic nitrogens is 3. The van der Waals surface area contributed by atoms with Crippen molar-refractivity contribution in [2.24, 2.45) is 5.92 Å². The largest absolute Gasteiger partial charge is 0.356 e. The fourth-order valence-electron chi connectivity index (χ4n) is 3.27. The number of piperidine rings is 1. The molecule has 4 nitrogen and oxygen atoms in total. The Hall–Kier alpha value is -2.01. The molecule has 118 valence electrons. The molecule has 0 spiro atoms. The third-order valence-corrected chi connectivity index (χ3v) is 5.32. The van der Waals surface area contributed by atoms with Crippen LogP contribution in [0.5, 0.6) is 0 Å². The topological polar surface area (TPSA) is 41.9 Å². The quantitative estimate of drug-likeness (QED) is 0.705. The van der Waals surface area contributed by atoms with Crippen molar-refractivity contribution >= 4 is 27.4 Å². The fourth-order valence-corrected chi connectivity index (χ4v) is 4.15. The summed E-state index contributed by atoms with van der Waals surface area (Å²) in [5.74, 6) is 2.58. The maximum absolute atomic E-state index is 4.92. The van der Waals surface area contributed by atoms with E-state index in [0.29, 0.717) is 0 Å². The SMILES string of the molecule is Cc1cc2c(N3CCCC(C)C3)nc(-c3cccnc3)nc2s1. The van der Waals surface area contributed by atoms with Crippen molar-refractivity contribution in [3.05, 3.63) is 35.5 Å². The molecule has 0 N–H and O–H groups in total. The Morgan fingerprint density at radius 2 is 2.22 bits per heavy atom. The second kappa shape index (κ2) is 5.89. The summed E-state index contributed by atoms with van der Waals surface area (Å²) >= 11 is 1.74. The number of fused-ring (bicyclic) bond motifs is 1. The molecule has 4 rings (SSSR count). The first kappa shape index (κ1) is 14.6. The molecule has 1 fully saturated rings. The molecular formula is C18H20N4S. The smallest absolute Gasteiger partial charge is 0.164 e. The highest BCUT2D eigenvalue weighted by Gasteiger charge is 2.22. The van der Waals surface area contributed by atoms with Gasteiger partial charge in [0.15, 0.2) is 5.82 Å². The third kappa shape index (κ3) is 2.81. The van der Waals surface area contributed by atoms with Gasteiger partial charge in [0, 0.05) is 35.9 Å². The van der Waals surface area contributed by atoms with Gasteiger partial charge in [0.05, 0.1) is 5.39 Å². The monoisotopic (exact) mass is 324 g/mol. The molecule has 0 bridgehead atoms. The highest BCUT2D eigenvalue weighted by molar-refractivity contribution is 7.18. The molecule has 0 aliphatic carbocycles. The summed E-state index contributed by atoms with van der Waals surface area (Å²) in [6.45, 7) is 6.62. The zero-order valence-electron chi connectivity index (χ0n) is 13.5. The van der Waals surface area contributed by atoms with Gasteiger partial charge in [-0.05, 0) is 43.9 Å². The van der Waals surface area contributed by atoms with Crippen molar-refractivity contribution in [3.8, 4) is 11.4 Å². The van der Waals surface area contributed by atoms with E-state index >= 15 is 0 Å². The first-order chi connectivity index (χ1) is 11.2. The molecule has 0 aromatic carbocycles. The molecule has 1 aliphatic rings. The summed E-state index contributed by atoms with van der Waals surface area (Å²) in [6, 6.07) is 6.18. The number of hydrogen-bond donors (Lipinski definition) is 0. The number of aryl methyl sites for hydroxylation is 1. The van der Waals surface area contributed by atoms with Crippen LogP contribution in [0.3, 0.4) is 0 Å². The van der Waals surface area contributed by atoms with Crippen LogP contribution in [-0.4, -0.2) is 28.0 Å². The number of anilines is 1. The van der Waals surface area contributed by atoms with Crippen LogP contribution in [0.1, 0.15) is 24.6 Å². The number of thiophene rings is 1. The highest BCUT2D eigenvalue weighted by Crippen LogP contribution is 2.34. The van der Waals surface area contributed by atoms with Gasteiger partial charge in [-0.2, -0.15) is 0 Å². The van der Waals surface area contributed by atoms with Crippen LogP contribution >= 0.6 is 11.3 Å². The molecule has 5 heteroatoms. The van der Waals surface area contributed by atoms with Gasteiger partial charge in [0.25, 0.3) is 0 Å². The van der Waals surface area contributed by atoms with Crippen molar-refractivity contribution in [2.75, 3.05) is 18.0 Å². The first-order valence-corrected chi connectivity index (χ1v) is 8.96. The molecule has 23 heavy (non-hydrogen) atoms. The minimum absolute atomic E-state index is 0.718. The Morgan fingerprint density at radius 3 is 3.00 bits per heavy atom. The summed E-state index contributed by atoms with van der Waals surface area (Å²) in [5, 5.41) is 1.19. The lowest BCUT2D eigenvalue weighted by Crippen LogP contribution is -2.35. The molecule has 1 unspecified atom stereocenters. The number of rotatable bonds is 2. The van der Waals surface area contributed by atoms with Crippen molar-refractivity contribution < 1.29 is 0 Å². The fraction of sp³-hybridized carbons (Fsp3) is 0.389. The number of nitrogens with zero attached hydrogens (tertiary/aromatic N) is 4. The standard InChI is InChI=1S/C18H20N4S/c1-12-5-4-8-22(11-12)17-15-9-13(2)23-18(15)21-16(20-17)14-6-3-7-19-10-14/h3,6-7,9-10,12H,4-5,8,11H2,1-2H3. The molecule has 1 saturated heterocycles. The van der Waals surface area contributed by atoms with E-state index < -0.39 is 0 Å². The van der Waals surface area contributed by atoms with Gasteiger partial charge in [-0.15, -0.1) is 11.3 Å². The van der Waals surface area contributed by atoms with E-state index in [4.69, 9.17) is 9.97 Å². The van der Waals surface area contributed by atoms with E-state index in [1.807, 2.05) is 18.3 Å². The first-order valence-electron chi connectivity index (χ1n) is 8.14. The van der Waals surface area contributed by atoms with Gasteiger partial charge < -0.3 is 4.90 Å². The second-order valence-electron chi connectivity index (χ2n) is 6.38. The van der Waals surface area contributed by atoms with E-state index in [2.05, 4.69) is 29.8 Å². The van der Waals surface area contributed by atoms with Crippen molar-refractivity contribution in [1.29, 1.82) is 0 Å². The molecule has 1 aliphatic heterocycles. The van der Waals surface area contributed by atoms with E-state index in [0.717, 1.165) is 41.0 Å². The summed E-state index contributed by atoms with van der Waals surface area (Å²) in [7, 11) is 0. The highest BCUT2D eigenvalue weighted by atomic mass is 32.1. The zero-order valence-corrected chi connectivity index (χ0v) is 14.3. The van der Waals surface area contributed by atoms with Crippen LogP contribution < -0.4 is 4.90 Å². The van der Waals surface area contributed by atoms with Gasteiger partial charge in [-0.1, -0.05) is 6.92 Å². The Labute approximate surface area is 140 Å². The second-order valence-corrected chi connectivity index (χ2v) is 7.62. The lowest BCUT2D eigenvalue weighted by Gasteiger charge is -2.32. The molecule has 1 atom stereocenters. The Balaban J connectivity index is 1.87. The third-order valence-electron chi connectivity index (χ3n) is 4.37. The van der Waals surface area contributed by atoms with Crippen LogP contribution in [0.4, 0.5) is 5.82 Å². The zero-order chi connectivity index (χ0) is 15.8. The van der Waals surface area contributed by atoms with Crippen molar-refractivity contribution in [1.82, 2.24) is 15.0 Å². The predicted molar refractivity (Wildman–Crippen MR) is 96.0 cm³/mol. The minimum atomic E-state index is 0.718. The van der Waals surface area contributed by atoms with Crippen LogP contribution in [0.25, 0.3) is 21.6 Å². The molecule has 3 aromatic heterocycles. The minimum Gasteiger partial charge on any atom is -0.356 e. The lowest BCUT2D eigenvalue weighted by molar-refractivity contribution is 0.445. The molecule has 0 saturated carbocycles. The Kier molecular flexibility index (Phi) is 3.73. The normalized spacial score (nSPS) is 18.5. The van der Waals surface area contributed by atoms with Crippen LogP contribution in [0.2, 0.25) is 0 Å². The summed E-state index contributed by atoms with van der Waals surface area (Å²) < 4.78 is 0. The van der Waals surface area contributed by atoms with Gasteiger partial charge in [0.2, 0.25) is 0 Å². The van der Waals surface area contributed by atoms with E-state index in [1.165, 1.54) is 23.1 Å². The summed E-state index contributed by atoms with van der Waals surface area (Å²) in [4.78, 5) is 18.7. The van der Waals surface area contributed by atoms with E-state index in [9.17, 15) is 0 Å². The molecule has 4 heterocycles. The maximum atomic E-state index is 4.92. The number of hydrogen-bond acceptors (Lipinski definition) is 5. The number of pyridine rings is 1. The maximum Gasteiger partial charge on any atom is 0.164 e. The Morgan fingerprint density at radius 1 is 1.30 bits per heavy atom. The van der Waals surface area contributed by atoms with E-state index in [1.54, 1.807) is 17.5 Å². The van der Waals surface area contributed by atoms with Crippen molar-refractivity contribution in [2.45, 2.75) is 26.7 Å².